The van der Waals surface area contributed by atoms with Crippen LogP contribution < -0.4 is 4.72 Å². The highest BCUT2D eigenvalue weighted by Crippen LogP contribution is 2.02. The van der Waals surface area contributed by atoms with E-state index in [1.54, 1.807) is 0 Å². The molecule has 0 aliphatic carbocycles. The van der Waals surface area contributed by atoms with Gasteiger partial charge < -0.3 is 9.80 Å². The van der Waals surface area contributed by atoms with Crippen LogP contribution in [-0.2, 0) is 10.9 Å². The summed E-state index contributed by atoms with van der Waals surface area (Å²) in [7, 11) is -2.42. The molecule has 0 aromatic carbocycles. The molecule has 0 amide bonds. The SMILES string of the molecule is CCCN1CCN(CCCN[SH](=O)=O)CC1. The van der Waals surface area contributed by atoms with E-state index in [0.29, 0.717) is 6.54 Å². The minimum Gasteiger partial charge on any atom is -0.301 e. The molecule has 1 saturated heterocycles. The van der Waals surface area contributed by atoms with E-state index in [0.717, 1.165) is 39.1 Å². The van der Waals surface area contributed by atoms with Gasteiger partial charge in [-0.3, -0.25) is 0 Å². The number of nitrogens with one attached hydrogen (secondary N) is 1. The predicted octanol–water partition coefficient (Wildman–Crippen LogP) is -0.480. The molecule has 1 N–H and O–H groups in total. The second-order valence-electron chi connectivity index (χ2n) is 4.20. The number of hydrogen-bond donors (Lipinski definition) is 2. The zero-order valence-corrected chi connectivity index (χ0v) is 10.9. The highest BCUT2D eigenvalue weighted by molar-refractivity contribution is 7.70. The number of piperazine rings is 1. The molecule has 1 aliphatic heterocycles. The fourth-order valence-electron chi connectivity index (χ4n) is 2.03. The average molecular weight is 249 g/mol. The second kappa shape index (κ2) is 8.00. The van der Waals surface area contributed by atoms with Gasteiger partial charge in [-0.05, 0) is 25.9 Å². The van der Waals surface area contributed by atoms with Crippen LogP contribution in [0, 0.1) is 0 Å². The summed E-state index contributed by atoms with van der Waals surface area (Å²) in [6, 6.07) is 0. The molecular formula is C10H23N3O2S. The summed E-state index contributed by atoms with van der Waals surface area (Å²) in [5.41, 5.74) is 0. The van der Waals surface area contributed by atoms with Gasteiger partial charge in [0.1, 0.15) is 0 Å². The molecule has 1 rings (SSSR count). The van der Waals surface area contributed by atoms with E-state index in [2.05, 4.69) is 21.4 Å². The first-order chi connectivity index (χ1) is 7.72. The highest BCUT2D eigenvalue weighted by Gasteiger charge is 2.14. The van der Waals surface area contributed by atoms with E-state index < -0.39 is 10.9 Å². The lowest BCUT2D eigenvalue weighted by Gasteiger charge is -2.34. The lowest BCUT2D eigenvalue weighted by Crippen LogP contribution is -2.46. The number of hydrogen-bond acceptors (Lipinski definition) is 4. The molecule has 5 nitrogen and oxygen atoms in total. The van der Waals surface area contributed by atoms with Crippen molar-refractivity contribution in [3.05, 3.63) is 0 Å². The van der Waals surface area contributed by atoms with Crippen molar-refractivity contribution in [1.29, 1.82) is 0 Å². The molecule has 1 fully saturated rings. The molecule has 6 heteroatoms. The fourth-order valence-corrected chi connectivity index (χ4v) is 2.37. The summed E-state index contributed by atoms with van der Waals surface area (Å²) >= 11 is 0. The van der Waals surface area contributed by atoms with Gasteiger partial charge in [0.25, 0.3) is 0 Å². The molecule has 0 unspecified atom stereocenters. The number of nitrogens with zero attached hydrogens (tertiary/aromatic N) is 2. The Hall–Kier alpha value is -0.170. The highest BCUT2D eigenvalue weighted by atomic mass is 32.2. The standard InChI is InChI=1S/C10H23N3O2S/c1-2-5-12-7-9-13(10-8-12)6-3-4-11-16(14)15/h16H,2-10H2,1H3,(H,11,14,15). The number of thiol groups is 1. The molecule has 0 bridgehead atoms. The number of rotatable bonds is 7. The Morgan fingerprint density at radius 1 is 1.06 bits per heavy atom. The van der Waals surface area contributed by atoms with Gasteiger partial charge in [0.15, 0.2) is 0 Å². The maximum atomic E-state index is 10.3. The van der Waals surface area contributed by atoms with Crippen LogP contribution in [0.1, 0.15) is 19.8 Å². The Kier molecular flexibility index (Phi) is 6.95. The quantitative estimate of drug-likeness (QED) is 0.473. The molecule has 1 heterocycles. The Morgan fingerprint density at radius 3 is 2.12 bits per heavy atom. The second-order valence-corrected chi connectivity index (χ2v) is 5.03. The summed E-state index contributed by atoms with van der Waals surface area (Å²) in [4.78, 5) is 4.90. The van der Waals surface area contributed by atoms with Crippen LogP contribution in [-0.4, -0.2) is 64.0 Å². The largest absolute Gasteiger partial charge is 0.301 e. The van der Waals surface area contributed by atoms with E-state index in [-0.39, 0.29) is 0 Å². The molecule has 0 spiro atoms. The third-order valence-electron chi connectivity index (χ3n) is 2.90. The Morgan fingerprint density at radius 2 is 1.62 bits per heavy atom. The zero-order valence-electron chi connectivity index (χ0n) is 10.0. The molecule has 0 aromatic rings. The van der Waals surface area contributed by atoms with Crippen LogP contribution in [0.2, 0.25) is 0 Å². The molecule has 96 valence electrons. The molecular weight excluding hydrogens is 226 g/mol. The van der Waals surface area contributed by atoms with Crippen LogP contribution in [0.25, 0.3) is 0 Å². The van der Waals surface area contributed by atoms with Crippen molar-refractivity contribution in [3.8, 4) is 0 Å². The van der Waals surface area contributed by atoms with Gasteiger partial charge in [-0.1, -0.05) is 6.92 Å². The maximum Gasteiger partial charge on any atom is 0.201 e. The first-order valence-corrected chi connectivity index (χ1v) is 7.22. The Labute approximate surface area is 99.9 Å². The minimum absolute atomic E-state index is 0.563. The van der Waals surface area contributed by atoms with Gasteiger partial charge in [0, 0.05) is 32.7 Å². The molecule has 0 saturated carbocycles. The lowest BCUT2D eigenvalue weighted by atomic mass is 10.3. The summed E-state index contributed by atoms with van der Waals surface area (Å²) in [6.45, 7) is 9.50. The van der Waals surface area contributed by atoms with Crippen molar-refractivity contribution in [2.24, 2.45) is 0 Å². The van der Waals surface area contributed by atoms with Crippen LogP contribution in [0.15, 0.2) is 0 Å². The van der Waals surface area contributed by atoms with E-state index in [4.69, 9.17) is 0 Å². The first-order valence-electron chi connectivity index (χ1n) is 6.05. The van der Waals surface area contributed by atoms with Crippen LogP contribution in [0.4, 0.5) is 0 Å². The van der Waals surface area contributed by atoms with Gasteiger partial charge >= 0.3 is 0 Å². The van der Waals surface area contributed by atoms with Gasteiger partial charge in [0.05, 0.1) is 0 Å². The fraction of sp³-hybridized carbons (Fsp3) is 1.00. The first kappa shape index (κ1) is 13.9. The summed E-state index contributed by atoms with van der Waals surface area (Å²) in [6.07, 6.45) is 2.12. The van der Waals surface area contributed by atoms with Crippen molar-refractivity contribution >= 4 is 10.9 Å². The monoisotopic (exact) mass is 249 g/mol. The van der Waals surface area contributed by atoms with E-state index in [1.807, 2.05) is 0 Å². The maximum absolute atomic E-state index is 10.3. The van der Waals surface area contributed by atoms with Gasteiger partial charge in [-0.2, -0.15) is 0 Å². The van der Waals surface area contributed by atoms with Gasteiger partial charge in [-0.15, -0.1) is 0 Å². The zero-order chi connectivity index (χ0) is 11.8. The van der Waals surface area contributed by atoms with Crippen molar-refractivity contribution in [2.45, 2.75) is 19.8 Å². The van der Waals surface area contributed by atoms with E-state index >= 15 is 0 Å². The van der Waals surface area contributed by atoms with Crippen LogP contribution >= 0.6 is 0 Å². The van der Waals surface area contributed by atoms with Crippen molar-refractivity contribution in [1.82, 2.24) is 14.5 Å². The minimum atomic E-state index is -2.42. The van der Waals surface area contributed by atoms with Crippen molar-refractivity contribution in [2.75, 3.05) is 45.8 Å². The van der Waals surface area contributed by atoms with Crippen LogP contribution in [0.5, 0.6) is 0 Å². The summed E-state index contributed by atoms with van der Waals surface area (Å²) < 4.78 is 23.0. The molecule has 16 heavy (non-hydrogen) atoms. The van der Waals surface area contributed by atoms with Gasteiger partial charge in [-0.25, -0.2) is 13.1 Å². The summed E-state index contributed by atoms with van der Waals surface area (Å²) in [5.74, 6) is 0. The topological polar surface area (TPSA) is 52.6 Å². The van der Waals surface area contributed by atoms with Crippen molar-refractivity contribution < 1.29 is 8.42 Å². The molecule has 0 aromatic heterocycles. The molecule has 1 aliphatic rings. The van der Waals surface area contributed by atoms with E-state index in [9.17, 15) is 8.42 Å². The third-order valence-corrected chi connectivity index (χ3v) is 3.38. The Bertz CT molecular complexity index is 242. The Balaban J connectivity index is 2.03. The average Bonchev–Trinajstić information content (AvgIpc) is 2.27. The molecule has 0 atom stereocenters. The van der Waals surface area contributed by atoms with Crippen LogP contribution in [0.3, 0.4) is 0 Å². The predicted molar refractivity (Wildman–Crippen MR) is 66.1 cm³/mol. The summed E-state index contributed by atoms with van der Waals surface area (Å²) in [5, 5.41) is 0. The lowest BCUT2D eigenvalue weighted by molar-refractivity contribution is 0.132. The van der Waals surface area contributed by atoms with Gasteiger partial charge in [0.2, 0.25) is 10.9 Å². The van der Waals surface area contributed by atoms with E-state index in [1.165, 1.54) is 13.0 Å². The molecule has 0 radical (unpaired) electrons. The smallest absolute Gasteiger partial charge is 0.201 e. The van der Waals surface area contributed by atoms with Crippen molar-refractivity contribution in [3.63, 3.8) is 0 Å². The third kappa shape index (κ3) is 5.79. The normalized spacial score (nSPS) is 19.4.